The van der Waals surface area contributed by atoms with Crippen LogP contribution in [0, 0.1) is 0 Å². The van der Waals surface area contributed by atoms with E-state index in [1.54, 1.807) is 0 Å². The summed E-state index contributed by atoms with van der Waals surface area (Å²) in [6.07, 6.45) is 0. The molecule has 3 rings (SSSR count). The van der Waals surface area contributed by atoms with Crippen LogP contribution >= 0.6 is 46.4 Å². The summed E-state index contributed by atoms with van der Waals surface area (Å²) in [5.74, 6) is -0.706. The van der Waals surface area contributed by atoms with Gasteiger partial charge in [0.25, 0.3) is 10.1 Å². The quantitative estimate of drug-likeness (QED) is 0.311. The highest BCUT2D eigenvalue weighted by Gasteiger charge is 2.50. The molecule has 0 heterocycles. The smallest absolute Gasteiger partial charge is 0.283 e. The van der Waals surface area contributed by atoms with Crippen LogP contribution < -0.4 is 0 Å². The van der Waals surface area contributed by atoms with Gasteiger partial charge in [-0.15, -0.1) is 0 Å². The Hall–Kier alpha value is -1.67. The van der Waals surface area contributed by atoms with Crippen molar-refractivity contribution in [1.29, 1.82) is 0 Å². The lowest BCUT2D eigenvalue weighted by Gasteiger charge is -2.33. The molecule has 3 aromatic rings. The fourth-order valence-corrected chi connectivity index (χ4v) is 5.29. The Morgan fingerprint density at radius 1 is 0.759 bits per heavy atom. The summed E-state index contributed by atoms with van der Waals surface area (Å²) >= 11 is 24.2. The first-order valence-corrected chi connectivity index (χ1v) is 10.8. The van der Waals surface area contributed by atoms with Gasteiger partial charge in [0.05, 0.1) is 5.02 Å². The van der Waals surface area contributed by atoms with Crippen LogP contribution in [0.5, 0.6) is 11.5 Å². The van der Waals surface area contributed by atoms with Gasteiger partial charge in [0.1, 0.15) is 16.5 Å². The van der Waals surface area contributed by atoms with Crippen LogP contribution in [0.1, 0.15) is 16.7 Å². The highest BCUT2D eigenvalue weighted by atomic mass is 35.5. The van der Waals surface area contributed by atoms with Gasteiger partial charge >= 0.3 is 0 Å². The first-order valence-electron chi connectivity index (χ1n) is 7.89. The van der Waals surface area contributed by atoms with E-state index in [1.165, 1.54) is 42.5 Å². The average molecular weight is 494 g/mol. The highest BCUT2D eigenvalue weighted by Crippen LogP contribution is 2.49. The van der Waals surface area contributed by atoms with Gasteiger partial charge in [-0.25, -0.2) is 0 Å². The molecule has 152 valence electrons. The number of halogens is 4. The predicted molar refractivity (Wildman–Crippen MR) is 114 cm³/mol. The van der Waals surface area contributed by atoms with Crippen LogP contribution in [0.2, 0.25) is 20.1 Å². The standard InChI is InChI=1S/C19H12Cl4O5S/c20-12-3-1-10(2-4-12)19(29(26,27)28,14-6-5-13(24)9-15(14)21)11-7-16(22)18(23)17(25)8-11/h1-9,24-25H,(H,26,27,28). The van der Waals surface area contributed by atoms with E-state index >= 15 is 0 Å². The van der Waals surface area contributed by atoms with Crippen molar-refractivity contribution in [1.82, 2.24) is 0 Å². The topological polar surface area (TPSA) is 94.8 Å². The molecular weight excluding hydrogens is 482 g/mol. The SMILES string of the molecule is O=S(=O)(O)C(c1ccc(Cl)cc1)(c1cc(O)c(Cl)c(Cl)c1)c1ccc(O)cc1Cl. The van der Waals surface area contributed by atoms with Gasteiger partial charge < -0.3 is 10.2 Å². The maximum absolute atomic E-state index is 12.9. The van der Waals surface area contributed by atoms with Crippen molar-refractivity contribution in [3.05, 3.63) is 91.4 Å². The molecule has 1 unspecified atom stereocenters. The number of rotatable bonds is 4. The molecule has 3 aromatic carbocycles. The van der Waals surface area contributed by atoms with Crippen molar-refractivity contribution >= 4 is 56.5 Å². The van der Waals surface area contributed by atoms with Crippen molar-refractivity contribution in [2.24, 2.45) is 0 Å². The first-order chi connectivity index (χ1) is 13.5. The molecule has 1 atom stereocenters. The lowest BCUT2D eigenvalue weighted by molar-refractivity contribution is 0.455. The number of aromatic hydroxyl groups is 2. The molecule has 0 aliphatic heterocycles. The molecule has 0 radical (unpaired) electrons. The van der Waals surface area contributed by atoms with E-state index in [-0.39, 0.29) is 37.5 Å². The Labute approximate surface area is 186 Å². The van der Waals surface area contributed by atoms with Gasteiger partial charge in [0, 0.05) is 15.6 Å². The summed E-state index contributed by atoms with van der Waals surface area (Å²) in [6, 6.07) is 11.5. The normalized spacial score (nSPS) is 13.8. The molecule has 0 amide bonds. The summed E-state index contributed by atoms with van der Waals surface area (Å²) < 4.78 is 34.0. The minimum Gasteiger partial charge on any atom is -0.508 e. The van der Waals surface area contributed by atoms with Crippen LogP contribution in [0.15, 0.2) is 54.6 Å². The zero-order chi connectivity index (χ0) is 21.6. The van der Waals surface area contributed by atoms with Crippen LogP contribution in [-0.4, -0.2) is 23.2 Å². The maximum Gasteiger partial charge on any atom is 0.283 e. The Bertz CT molecular complexity index is 1170. The third-order valence-corrected chi connectivity index (χ3v) is 7.21. The van der Waals surface area contributed by atoms with Gasteiger partial charge in [-0.05, 0) is 47.5 Å². The van der Waals surface area contributed by atoms with Crippen molar-refractivity contribution in [3.8, 4) is 11.5 Å². The largest absolute Gasteiger partial charge is 0.508 e. The second kappa shape index (κ2) is 7.87. The van der Waals surface area contributed by atoms with E-state index in [2.05, 4.69) is 0 Å². The summed E-state index contributed by atoms with van der Waals surface area (Å²) in [6.45, 7) is 0. The van der Waals surface area contributed by atoms with Gasteiger partial charge in [0.2, 0.25) is 0 Å². The fourth-order valence-electron chi connectivity index (χ4n) is 3.17. The minimum atomic E-state index is -5.00. The molecule has 0 aliphatic rings. The number of hydrogen-bond acceptors (Lipinski definition) is 4. The fraction of sp³-hybridized carbons (Fsp3) is 0.0526. The number of phenolic OH excluding ortho intramolecular Hbond substituents is 2. The van der Waals surface area contributed by atoms with Gasteiger partial charge in [-0.2, -0.15) is 8.42 Å². The number of benzene rings is 3. The number of hydrogen-bond donors (Lipinski definition) is 3. The van der Waals surface area contributed by atoms with Crippen molar-refractivity contribution in [2.45, 2.75) is 4.75 Å². The van der Waals surface area contributed by atoms with Gasteiger partial charge in [0.15, 0.2) is 4.75 Å². The molecule has 0 saturated heterocycles. The molecule has 5 nitrogen and oxygen atoms in total. The van der Waals surface area contributed by atoms with E-state index < -0.39 is 20.6 Å². The minimum absolute atomic E-state index is 0.0646. The third-order valence-electron chi connectivity index (χ3n) is 4.39. The Balaban J connectivity index is 2.56. The lowest BCUT2D eigenvalue weighted by atomic mass is 9.83. The second-order valence-corrected chi connectivity index (χ2v) is 9.31. The average Bonchev–Trinajstić information content (AvgIpc) is 2.62. The Morgan fingerprint density at radius 3 is 1.90 bits per heavy atom. The van der Waals surface area contributed by atoms with Crippen molar-refractivity contribution in [2.75, 3.05) is 0 Å². The molecule has 0 aliphatic carbocycles. The lowest BCUT2D eigenvalue weighted by Crippen LogP contribution is -2.38. The van der Waals surface area contributed by atoms with Crippen molar-refractivity contribution in [3.63, 3.8) is 0 Å². The molecule has 0 fully saturated rings. The zero-order valence-electron chi connectivity index (χ0n) is 14.3. The molecule has 29 heavy (non-hydrogen) atoms. The van der Waals surface area contributed by atoms with Crippen LogP contribution in [0.25, 0.3) is 0 Å². The Kier molecular flexibility index (Phi) is 5.98. The second-order valence-electron chi connectivity index (χ2n) is 6.12. The van der Waals surface area contributed by atoms with Crippen LogP contribution in [-0.2, 0) is 14.9 Å². The summed E-state index contributed by atoms with van der Waals surface area (Å²) in [4.78, 5) is 0. The third kappa shape index (κ3) is 3.77. The molecule has 0 bridgehead atoms. The monoisotopic (exact) mass is 492 g/mol. The zero-order valence-corrected chi connectivity index (χ0v) is 18.1. The Morgan fingerprint density at radius 2 is 1.38 bits per heavy atom. The van der Waals surface area contributed by atoms with E-state index in [4.69, 9.17) is 46.4 Å². The summed E-state index contributed by atoms with van der Waals surface area (Å²) in [5.41, 5.74) is -0.142. The number of phenols is 2. The van der Waals surface area contributed by atoms with Gasteiger partial charge in [-0.1, -0.05) is 64.6 Å². The molecular formula is C19H12Cl4O5S. The molecule has 10 heteroatoms. The van der Waals surface area contributed by atoms with E-state index in [1.807, 2.05) is 0 Å². The van der Waals surface area contributed by atoms with E-state index in [9.17, 15) is 23.2 Å². The van der Waals surface area contributed by atoms with E-state index in [0.29, 0.717) is 5.02 Å². The highest BCUT2D eigenvalue weighted by molar-refractivity contribution is 7.87. The first kappa shape index (κ1) is 22.0. The van der Waals surface area contributed by atoms with E-state index in [0.717, 1.165) is 12.1 Å². The summed E-state index contributed by atoms with van der Waals surface area (Å²) in [5, 5.41) is 19.7. The van der Waals surface area contributed by atoms with Gasteiger partial charge in [-0.3, -0.25) is 4.55 Å². The molecule has 3 N–H and O–H groups in total. The molecule has 0 saturated carbocycles. The molecule has 0 aromatic heterocycles. The van der Waals surface area contributed by atoms with Crippen molar-refractivity contribution < 1.29 is 23.2 Å². The molecule has 0 spiro atoms. The predicted octanol–water partition coefficient (Wildman–Crippen LogP) is 5.89. The van der Waals surface area contributed by atoms with Crippen LogP contribution in [0.3, 0.4) is 0 Å². The summed E-state index contributed by atoms with van der Waals surface area (Å²) in [7, 11) is -5.00. The maximum atomic E-state index is 12.9. The van der Waals surface area contributed by atoms with Crippen LogP contribution in [0.4, 0.5) is 0 Å².